The van der Waals surface area contributed by atoms with Gasteiger partial charge in [0.05, 0.1) is 27.3 Å². The van der Waals surface area contributed by atoms with E-state index >= 15 is 0 Å². The van der Waals surface area contributed by atoms with Crippen LogP contribution in [0.1, 0.15) is 51.2 Å². The highest BCUT2D eigenvalue weighted by molar-refractivity contribution is 6.03. The van der Waals surface area contributed by atoms with Crippen LogP contribution in [0.25, 0.3) is 16.7 Å². The molecular weight excluding hydrogens is 528 g/mol. The lowest BCUT2D eigenvalue weighted by atomic mass is 9.90. The summed E-state index contributed by atoms with van der Waals surface area (Å²) >= 11 is 0. The van der Waals surface area contributed by atoms with Crippen LogP contribution in [0.3, 0.4) is 0 Å². The van der Waals surface area contributed by atoms with E-state index in [1.165, 1.54) is 0 Å². The van der Waals surface area contributed by atoms with Gasteiger partial charge in [-0.2, -0.15) is 0 Å². The largest absolute Gasteiger partial charge is 0.493 e. The molecule has 7 nitrogen and oxygen atoms in total. The minimum Gasteiger partial charge on any atom is -0.493 e. The highest BCUT2D eigenvalue weighted by Gasteiger charge is 2.38. The Morgan fingerprint density at radius 1 is 0.881 bits per heavy atom. The van der Waals surface area contributed by atoms with E-state index in [0.29, 0.717) is 36.6 Å². The molecule has 0 N–H and O–H groups in total. The molecule has 1 aliphatic carbocycles. The van der Waals surface area contributed by atoms with E-state index in [1.54, 1.807) is 19.1 Å². The maximum Gasteiger partial charge on any atom is 0.410 e. The first kappa shape index (κ1) is 29.2. The van der Waals surface area contributed by atoms with E-state index in [0.717, 1.165) is 40.7 Å². The summed E-state index contributed by atoms with van der Waals surface area (Å²) in [6, 6.07) is 24.4. The maximum absolute atomic E-state index is 14.5. The summed E-state index contributed by atoms with van der Waals surface area (Å²) in [6.07, 6.45) is 2.04. The lowest BCUT2D eigenvalue weighted by molar-refractivity contribution is -0.128. The van der Waals surface area contributed by atoms with Gasteiger partial charge in [-0.3, -0.25) is 4.79 Å². The van der Waals surface area contributed by atoms with Crippen molar-refractivity contribution in [2.45, 2.75) is 58.2 Å². The van der Waals surface area contributed by atoms with Crippen LogP contribution in [0, 0.1) is 0 Å². The van der Waals surface area contributed by atoms with Gasteiger partial charge in [0.15, 0.2) is 11.5 Å². The Hall–Kier alpha value is -4.26. The van der Waals surface area contributed by atoms with Crippen LogP contribution in [0.15, 0.2) is 78.4 Å². The van der Waals surface area contributed by atoms with Crippen LogP contribution in [-0.4, -0.2) is 60.8 Å². The number of carbonyl (C=O) groups is 2. The summed E-state index contributed by atoms with van der Waals surface area (Å²) in [4.78, 5) is 31.3. The Balaban J connectivity index is 1.54. The first-order valence-corrected chi connectivity index (χ1v) is 14.5. The van der Waals surface area contributed by atoms with Gasteiger partial charge in [0.2, 0.25) is 0 Å². The third-order valence-corrected chi connectivity index (χ3v) is 7.65. The van der Waals surface area contributed by atoms with Gasteiger partial charge in [0.25, 0.3) is 5.91 Å². The van der Waals surface area contributed by atoms with Crippen molar-refractivity contribution < 1.29 is 23.8 Å². The monoisotopic (exact) mass is 568 g/mol. The number of benzene rings is 3. The Morgan fingerprint density at radius 2 is 1.57 bits per heavy atom. The van der Waals surface area contributed by atoms with Crippen molar-refractivity contribution in [3.63, 3.8) is 0 Å². The lowest BCUT2D eigenvalue weighted by Crippen LogP contribution is -2.44. The molecule has 5 rings (SSSR count). The standard InChI is InChI=1S/C35H40N2O5/c1-35(2,3)42-34(39)36-20-19-29(26-14-9-13-25(21-26)24-11-7-6-8-12-24)30(23-36)33(38)37(28-17-18-28)22-27-15-10-16-31(40-4)32(27)41-5/h6-16,21,28H,17-20,22-23H2,1-5H3. The normalized spacial score (nSPS) is 15.3. The van der Waals surface area contributed by atoms with Gasteiger partial charge < -0.3 is 24.0 Å². The molecule has 7 heteroatoms. The molecule has 0 unspecified atom stereocenters. The van der Waals surface area contributed by atoms with Gasteiger partial charge in [0.1, 0.15) is 5.60 Å². The number of hydrogen-bond donors (Lipinski definition) is 0. The van der Waals surface area contributed by atoms with Crippen LogP contribution in [0.5, 0.6) is 11.5 Å². The van der Waals surface area contributed by atoms with Gasteiger partial charge in [-0.1, -0.05) is 60.7 Å². The predicted octanol–water partition coefficient (Wildman–Crippen LogP) is 6.96. The zero-order valence-corrected chi connectivity index (χ0v) is 25.2. The van der Waals surface area contributed by atoms with Gasteiger partial charge >= 0.3 is 6.09 Å². The van der Waals surface area contributed by atoms with Crippen LogP contribution >= 0.6 is 0 Å². The van der Waals surface area contributed by atoms with Crippen LogP contribution in [-0.2, 0) is 16.1 Å². The van der Waals surface area contributed by atoms with E-state index in [-0.39, 0.29) is 18.5 Å². The second-order valence-corrected chi connectivity index (χ2v) is 11.9. The molecule has 1 heterocycles. The van der Waals surface area contributed by atoms with Crippen molar-refractivity contribution in [3.8, 4) is 22.6 Å². The maximum atomic E-state index is 14.5. The number of amides is 2. The van der Waals surface area contributed by atoms with Crippen molar-refractivity contribution in [2.24, 2.45) is 0 Å². The molecule has 0 atom stereocenters. The summed E-state index contributed by atoms with van der Waals surface area (Å²) in [5, 5.41) is 0. The molecule has 1 fully saturated rings. The molecule has 2 amide bonds. The van der Waals surface area contributed by atoms with E-state index < -0.39 is 11.7 Å². The average molecular weight is 569 g/mol. The number of rotatable bonds is 8. The fraction of sp³-hybridized carbons (Fsp3) is 0.371. The molecule has 0 radical (unpaired) electrons. The molecule has 42 heavy (non-hydrogen) atoms. The molecule has 220 valence electrons. The highest BCUT2D eigenvalue weighted by Crippen LogP contribution is 2.38. The first-order valence-electron chi connectivity index (χ1n) is 14.5. The number of carbonyl (C=O) groups excluding carboxylic acids is 2. The molecule has 3 aromatic rings. The van der Waals surface area contributed by atoms with Gasteiger partial charge in [-0.15, -0.1) is 0 Å². The highest BCUT2D eigenvalue weighted by atomic mass is 16.6. The molecule has 1 saturated carbocycles. The average Bonchev–Trinajstić information content (AvgIpc) is 3.84. The Bertz CT molecular complexity index is 1470. The molecule has 1 aliphatic heterocycles. The van der Waals surface area contributed by atoms with Crippen LogP contribution in [0.2, 0.25) is 0 Å². The molecule has 3 aromatic carbocycles. The van der Waals surface area contributed by atoms with E-state index in [4.69, 9.17) is 14.2 Å². The Kier molecular flexibility index (Phi) is 8.57. The second kappa shape index (κ2) is 12.3. The minimum atomic E-state index is -0.627. The summed E-state index contributed by atoms with van der Waals surface area (Å²) in [6.45, 7) is 6.62. The summed E-state index contributed by atoms with van der Waals surface area (Å²) in [5.74, 6) is 1.20. The van der Waals surface area contributed by atoms with Crippen LogP contribution in [0.4, 0.5) is 4.79 Å². The topological polar surface area (TPSA) is 68.3 Å². The molecule has 0 bridgehead atoms. The van der Waals surface area contributed by atoms with Crippen molar-refractivity contribution in [3.05, 3.63) is 89.5 Å². The number of methoxy groups -OCH3 is 2. The lowest BCUT2D eigenvalue weighted by Gasteiger charge is -2.34. The van der Waals surface area contributed by atoms with E-state index in [9.17, 15) is 9.59 Å². The molecule has 0 saturated heterocycles. The zero-order valence-electron chi connectivity index (χ0n) is 25.2. The Morgan fingerprint density at radius 3 is 2.24 bits per heavy atom. The number of hydrogen-bond acceptors (Lipinski definition) is 5. The molecular formula is C35H40N2O5. The van der Waals surface area contributed by atoms with Crippen molar-refractivity contribution in [1.29, 1.82) is 0 Å². The summed E-state index contributed by atoms with van der Waals surface area (Å²) in [7, 11) is 3.23. The van der Waals surface area contributed by atoms with Crippen molar-refractivity contribution in [1.82, 2.24) is 9.80 Å². The third kappa shape index (κ3) is 6.62. The first-order chi connectivity index (χ1) is 20.2. The molecule has 0 spiro atoms. The summed E-state index contributed by atoms with van der Waals surface area (Å²) in [5.41, 5.74) is 5.05. The zero-order chi connectivity index (χ0) is 29.9. The van der Waals surface area contributed by atoms with Gasteiger partial charge in [-0.05, 0) is 74.4 Å². The predicted molar refractivity (Wildman–Crippen MR) is 164 cm³/mol. The van der Waals surface area contributed by atoms with Crippen molar-refractivity contribution >= 4 is 17.6 Å². The third-order valence-electron chi connectivity index (χ3n) is 7.65. The number of nitrogens with zero attached hydrogens (tertiary/aromatic N) is 2. The quantitative estimate of drug-likeness (QED) is 0.294. The molecule has 0 aromatic heterocycles. The van der Waals surface area contributed by atoms with Crippen molar-refractivity contribution in [2.75, 3.05) is 27.3 Å². The van der Waals surface area contributed by atoms with E-state index in [2.05, 4.69) is 30.3 Å². The van der Waals surface area contributed by atoms with Gasteiger partial charge in [0, 0.05) is 23.7 Å². The fourth-order valence-corrected chi connectivity index (χ4v) is 5.47. The van der Waals surface area contributed by atoms with E-state index in [1.807, 2.05) is 68.1 Å². The van der Waals surface area contributed by atoms with Crippen LogP contribution < -0.4 is 9.47 Å². The summed E-state index contributed by atoms with van der Waals surface area (Å²) < 4.78 is 16.9. The smallest absolute Gasteiger partial charge is 0.410 e. The SMILES string of the molecule is COc1cccc(CN(C(=O)C2=C(c3cccc(-c4ccccc4)c3)CCN(C(=O)OC(C)(C)C)C2)C2CC2)c1OC. The molecule has 2 aliphatic rings. The van der Waals surface area contributed by atoms with Gasteiger partial charge in [-0.25, -0.2) is 4.79 Å². The minimum absolute atomic E-state index is 0.0595. The fourth-order valence-electron chi connectivity index (χ4n) is 5.47. The Labute approximate surface area is 248 Å². The second-order valence-electron chi connectivity index (χ2n) is 11.9. The number of ether oxygens (including phenoxy) is 3. The number of para-hydroxylation sites is 1.